The predicted molar refractivity (Wildman–Crippen MR) is 88.1 cm³/mol. The minimum absolute atomic E-state index is 0.486. The molecule has 1 heterocycles. The van der Waals surface area contributed by atoms with Gasteiger partial charge in [0.15, 0.2) is 5.75 Å². The number of rotatable bonds is 2. The molecule has 0 aliphatic heterocycles. The van der Waals surface area contributed by atoms with Gasteiger partial charge in [-0.05, 0) is 48.7 Å². The molecule has 20 heavy (non-hydrogen) atoms. The van der Waals surface area contributed by atoms with E-state index in [1.165, 1.54) is 0 Å². The van der Waals surface area contributed by atoms with Gasteiger partial charge in [-0.25, -0.2) is 0 Å². The van der Waals surface area contributed by atoms with Crippen LogP contribution in [0.25, 0.3) is 10.8 Å². The monoisotopic (exact) mass is 392 g/mol. The summed E-state index contributed by atoms with van der Waals surface area (Å²) in [5, 5.41) is 2.24. The van der Waals surface area contributed by atoms with Crippen LogP contribution >= 0.6 is 31.9 Å². The Hall–Kier alpha value is -1.59. The second kappa shape index (κ2) is 5.42. The zero-order chi connectivity index (χ0) is 14.1. The molecule has 3 aromatic rings. The number of hydrogen-bond donors (Lipinski definition) is 1. The van der Waals surface area contributed by atoms with E-state index in [0.29, 0.717) is 17.2 Å². The fourth-order valence-corrected chi connectivity index (χ4v) is 2.95. The van der Waals surface area contributed by atoms with Crippen LogP contribution in [0.15, 0.2) is 57.7 Å². The van der Waals surface area contributed by atoms with Gasteiger partial charge in [-0.15, -0.1) is 0 Å². The average molecular weight is 394 g/mol. The predicted octanol–water partition coefficient (Wildman–Crippen LogP) is 5.13. The van der Waals surface area contributed by atoms with Gasteiger partial charge in [0.1, 0.15) is 5.75 Å². The number of aromatic nitrogens is 1. The van der Waals surface area contributed by atoms with Crippen molar-refractivity contribution in [2.24, 2.45) is 0 Å². The molecule has 3 nitrogen and oxygen atoms in total. The Balaban J connectivity index is 2.10. The van der Waals surface area contributed by atoms with Crippen LogP contribution in [-0.4, -0.2) is 4.98 Å². The third-order valence-corrected chi connectivity index (χ3v) is 4.30. The van der Waals surface area contributed by atoms with Gasteiger partial charge in [0.25, 0.3) is 0 Å². The first-order chi connectivity index (χ1) is 9.66. The summed E-state index contributed by atoms with van der Waals surface area (Å²) in [6, 6.07) is 12.0. The van der Waals surface area contributed by atoms with Crippen LogP contribution in [-0.2, 0) is 0 Å². The average Bonchev–Trinajstić information content (AvgIpc) is 2.45. The van der Waals surface area contributed by atoms with Crippen molar-refractivity contribution in [2.45, 2.75) is 0 Å². The molecule has 0 spiro atoms. The third kappa shape index (κ3) is 2.39. The van der Waals surface area contributed by atoms with Crippen LogP contribution in [0.3, 0.4) is 0 Å². The normalized spacial score (nSPS) is 10.7. The fourth-order valence-electron chi connectivity index (χ4n) is 1.95. The lowest BCUT2D eigenvalue weighted by Gasteiger charge is -2.12. The van der Waals surface area contributed by atoms with Crippen molar-refractivity contribution < 1.29 is 4.74 Å². The van der Waals surface area contributed by atoms with Crippen molar-refractivity contribution >= 4 is 48.3 Å². The zero-order valence-electron chi connectivity index (χ0n) is 10.3. The molecular weight excluding hydrogens is 384 g/mol. The van der Waals surface area contributed by atoms with Gasteiger partial charge in [0.2, 0.25) is 0 Å². The smallest absolute Gasteiger partial charge is 0.167 e. The molecule has 0 amide bonds. The lowest BCUT2D eigenvalue weighted by atomic mass is 10.1. The first-order valence-electron chi connectivity index (χ1n) is 5.91. The number of pyridine rings is 1. The van der Waals surface area contributed by atoms with E-state index in [-0.39, 0.29) is 0 Å². The van der Waals surface area contributed by atoms with E-state index >= 15 is 0 Å². The topological polar surface area (TPSA) is 48.1 Å². The molecule has 3 rings (SSSR count). The molecule has 0 aliphatic rings. The summed E-state index contributed by atoms with van der Waals surface area (Å²) < 4.78 is 7.54. The number of fused-ring (bicyclic) bond motifs is 1. The third-order valence-electron chi connectivity index (χ3n) is 2.92. The van der Waals surface area contributed by atoms with Gasteiger partial charge in [0, 0.05) is 6.20 Å². The van der Waals surface area contributed by atoms with Crippen LogP contribution in [0.4, 0.5) is 5.69 Å². The Bertz CT molecular complexity index is 770. The van der Waals surface area contributed by atoms with Gasteiger partial charge in [-0.3, -0.25) is 4.98 Å². The van der Waals surface area contributed by atoms with Gasteiger partial charge in [0.05, 0.1) is 20.8 Å². The first-order valence-corrected chi connectivity index (χ1v) is 7.49. The van der Waals surface area contributed by atoms with E-state index in [0.717, 1.165) is 19.7 Å². The van der Waals surface area contributed by atoms with Crippen molar-refractivity contribution in [1.29, 1.82) is 0 Å². The summed E-state index contributed by atoms with van der Waals surface area (Å²) in [6.07, 6.45) is 3.22. The maximum atomic E-state index is 5.92. The van der Waals surface area contributed by atoms with Crippen LogP contribution in [0, 0.1) is 0 Å². The molecule has 1 aromatic heterocycles. The maximum Gasteiger partial charge on any atom is 0.167 e. The van der Waals surface area contributed by atoms with E-state index in [9.17, 15) is 0 Å². The molecule has 0 saturated carbocycles. The maximum absolute atomic E-state index is 5.92. The first kappa shape index (κ1) is 13.4. The fraction of sp³-hybridized carbons (Fsp3) is 0. The summed E-state index contributed by atoms with van der Waals surface area (Å²) in [7, 11) is 0. The second-order valence-corrected chi connectivity index (χ2v) is 5.89. The molecule has 0 radical (unpaired) electrons. The van der Waals surface area contributed by atoms with Crippen molar-refractivity contribution in [3.05, 3.63) is 57.7 Å². The summed E-state index contributed by atoms with van der Waals surface area (Å²) in [6.45, 7) is 0. The van der Waals surface area contributed by atoms with Crippen molar-refractivity contribution in [3.8, 4) is 11.5 Å². The minimum atomic E-state index is 0.486. The van der Waals surface area contributed by atoms with Crippen LogP contribution in [0.2, 0.25) is 0 Å². The molecule has 0 aliphatic carbocycles. The second-order valence-electron chi connectivity index (χ2n) is 4.24. The summed E-state index contributed by atoms with van der Waals surface area (Å²) in [5.41, 5.74) is 6.38. The van der Waals surface area contributed by atoms with Gasteiger partial charge >= 0.3 is 0 Å². The summed E-state index contributed by atoms with van der Waals surface area (Å²) in [5.74, 6) is 1.28. The Morgan fingerprint density at radius 2 is 1.80 bits per heavy atom. The Morgan fingerprint density at radius 1 is 1.00 bits per heavy atom. The van der Waals surface area contributed by atoms with E-state index < -0.39 is 0 Å². The highest BCUT2D eigenvalue weighted by molar-refractivity contribution is 9.11. The quantitative estimate of drug-likeness (QED) is 0.656. The van der Waals surface area contributed by atoms with Crippen LogP contribution < -0.4 is 10.5 Å². The minimum Gasteiger partial charge on any atom is -0.453 e. The lowest BCUT2D eigenvalue weighted by molar-refractivity contribution is 0.479. The molecule has 0 unspecified atom stereocenters. The largest absolute Gasteiger partial charge is 0.453 e. The highest BCUT2D eigenvalue weighted by atomic mass is 79.9. The van der Waals surface area contributed by atoms with Gasteiger partial charge in [-0.1, -0.05) is 30.3 Å². The number of halogens is 2. The number of hydrogen-bond acceptors (Lipinski definition) is 3. The zero-order valence-corrected chi connectivity index (χ0v) is 13.5. The summed E-state index contributed by atoms with van der Waals surface area (Å²) >= 11 is 6.99. The highest BCUT2D eigenvalue weighted by Crippen LogP contribution is 2.39. The molecular formula is C15H10Br2N2O. The van der Waals surface area contributed by atoms with E-state index in [1.807, 2.05) is 30.3 Å². The standard InChI is InChI=1S/C15H10Br2N2O/c16-11-7-19-8-12(18)15(11)20-13-6-5-9-3-1-2-4-10(9)14(13)17/h1-8H,18H2. The van der Waals surface area contributed by atoms with Gasteiger partial charge < -0.3 is 10.5 Å². The van der Waals surface area contributed by atoms with E-state index in [2.05, 4.69) is 42.9 Å². The Morgan fingerprint density at radius 3 is 2.60 bits per heavy atom. The molecule has 0 bridgehead atoms. The van der Waals surface area contributed by atoms with Crippen molar-refractivity contribution in [3.63, 3.8) is 0 Å². The number of ether oxygens (including phenoxy) is 1. The van der Waals surface area contributed by atoms with E-state index in [1.54, 1.807) is 12.4 Å². The molecule has 0 fully saturated rings. The molecule has 2 aromatic carbocycles. The number of nitrogens with two attached hydrogens (primary N) is 1. The van der Waals surface area contributed by atoms with Crippen LogP contribution in [0.5, 0.6) is 11.5 Å². The molecule has 0 atom stereocenters. The van der Waals surface area contributed by atoms with E-state index in [4.69, 9.17) is 10.5 Å². The molecule has 5 heteroatoms. The molecule has 0 saturated heterocycles. The highest BCUT2D eigenvalue weighted by Gasteiger charge is 2.11. The number of nitrogens with zero attached hydrogens (tertiary/aromatic N) is 1. The number of nitrogen functional groups attached to an aromatic ring is 1. The number of anilines is 1. The number of benzene rings is 2. The molecule has 2 N–H and O–H groups in total. The van der Waals surface area contributed by atoms with Crippen LogP contribution in [0.1, 0.15) is 0 Å². The summed E-state index contributed by atoms with van der Waals surface area (Å²) in [4.78, 5) is 3.99. The SMILES string of the molecule is Nc1cncc(Br)c1Oc1ccc2ccccc2c1Br. The Kier molecular flexibility index (Phi) is 3.63. The van der Waals surface area contributed by atoms with Crippen molar-refractivity contribution in [1.82, 2.24) is 4.98 Å². The van der Waals surface area contributed by atoms with Gasteiger partial charge in [-0.2, -0.15) is 0 Å². The van der Waals surface area contributed by atoms with Crippen molar-refractivity contribution in [2.75, 3.05) is 5.73 Å². The Labute approximate surface area is 133 Å². The molecule has 100 valence electrons. The lowest BCUT2D eigenvalue weighted by Crippen LogP contribution is -1.95.